The zero-order valence-electron chi connectivity index (χ0n) is 23.0. The molecule has 4 rings (SSSR count). The van der Waals surface area contributed by atoms with Gasteiger partial charge in [-0.3, -0.25) is 9.59 Å². The number of carbonyl (C=O) groups is 2. The molecule has 3 aliphatic rings. The van der Waals surface area contributed by atoms with Gasteiger partial charge in [0.1, 0.15) is 13.1 Å². The highest BCUT2D eigenvalue weighted by Gasteiger charge is 2.59. The summed E-state index contributed by atoms with van der Waals surface area (Å²) in [4.78, 5) is 33.3. The summed E-state index contributed by atoms with van der Waals surface area (Å²) in [5.74, 6) is -0.274. The Bertz CT molecular complexity index is 988. The molecule has 0 spiro atoms. The zero-order chi connectivity index (χ0) is 27.0. The van der Waals surface area contributed by atoms with E-state index in [1.54, 1.807) is 0 Å². The largest absolute Gasteiger partial charge is 0.396 e. The predicted molar refractivity (Wildman–Crippen MR) is 143 cm³/mol. The van der Waals surface area contributed by atoms with Gasteiger partial charge in [0.15, 0.2) is 5.13 Å². The fourth-order valence-electron chi connectivity index (χ4n) is 6.53. The van der Waals surface area contributed by atoms with Crippen molar-refractivity contribution in [2.75, 3.05) is 51.3 Å². The lowest BCUT2D eigenvalue weighted by molar-refractivity contribution is -0.906. The Kier molecular flexibility index (Phi) is 8.36. The third-order valence-corrected chi connectivity index (χ3v) is 10.2. The topological polar surface area (TPSA) is 125 Å². The number of anilines is 1. The van der Waals surface area contributed by atoms with Crippen LogP contribution in [0, 0.1) is 22.2 Å². The maximum Gasteiger partial charge on any atom is 0.231 e. The molecule has 1 aromatic rings. The van der Waals surface area contributed by atoms with E-state index >= 15 is 0 Å². The molecule has 1 aliphatic heterocycles. The lowest BCUT2D eigenvalue weighted by atomic mass is 9.47. The number of thiazole rings is 1. The van der Waals surface area contributed by atoms with Crippen molar-refractivity contribution in [1.82, 2.24) is 10.3 Å². The van der Waals surface area contributed by atoms with E-state index in [-0.39, 0.29) is 35.7 Å². The van der Waals surface area contributed by atoms with Gasteiger partial charge in [-0.1, -0.05) is 34.6 Å². The second-order valence-corrected chi connectivity index (χ2v) is 13.8. The summed E-state index contributed by atoms with van der Waals surface area (Å²) in [6.45, 7) is 14.6. The summed E-state index contributed by atoms with van der Waals surface area (Å²) in [6.07, 6.45) is 1.70. The van der Waals surface area contributed by atoms with E-state index in [1.807, 2.05) is 27.7 Å². The number of nitrogens with one attached hydrogen (secondary N) is 3. The maximum absolute atomic E-state index is 13.3. The number of aliphatic hydroxyl groups excluding tert-OH is 2. The number of quaternary nitrogens is 1. The molecule has 9 nitrogen and oxygen atoms in total. The van der Waals surface area contributed by atoms with E-state index in [9.17, 15) is 19.8 Å². The van der Waals surface area contributed by atoms with Crippen LogP contribution in [0.2, 0.25) is 0 Å². The van der Waals surface area contributed by atoms with Crippen LogP contribution in [0.1, 0.15) is 70.4 Å². The molecule has 2 fully saturated rings. The summed E-state index contributed by atoms with van der Waals surface area (Å²) in [7, 11) is 0. The number of rotatable bonds is 7. The number of carbonyl (C=O) groups excluding carboxylic acids is 2. The van der Waals surface area contributed by atoms with Gasteiger partial charge in [0.25, 0.3) is 0 Å². The van der Waals surface area contributed by atoms with Crippen LogP contribution >= 0.6 is 11.3 Å². The minimum Gasteiger partial charge on any atom is -0.396 e. The van der Waals surface area contributed by atoms with E-state index in [4.69, 9.17) is 9.72 Å². The average molecular weight is 538 g/mol. The first-order valence-corrected chi connectivity index (χ1v) is 14.5. The van der Waals surface area contributed by atoms with Gasteiger partial charge >= 0.3 is 0 Å². The average Bonchev–Trinajstić information content (AvgIpc) is 3.25. The molecule has 10 heteroatoms. The van der Waals surface area contributed by atoms with Gasteiger partial charge in [-0.2, -0.15) is 0 Å². The number of hydrogen-bond acceptors (Lipinski definition) is 7. The Morgan fingerprint density at radius 2 is 1.95 bits per heavy atom. The lowest BCUT2D eigenvalue weighted by Gasteiger charge is -2.58. The zero-order valence-corrected chi connectivity index (χ0v) is 23.8. The van der Waals surface area contributed by atoms with E-state index < -0.39 is 16.9 Å². The van der Waals surface area contributed by atoms with Gasteiger partial charge < -0.3 is 30.5 Å². The van der Waals surface area contributed by atoms with Crippen molar-refractivity contribution in [3.8, 4) is 0 Å². The fourth-order valence-corrected chi connectivity index (χ4v) is 7.59. The third-order valence-electron chi connectivity index (χ3n) is 9.19. The number of nitrogens with zero attached hydrogens (tertiary/aromatic N) is 1. The number of hydrogen-bond donors (Lipinski definition) is 5. The molecule has 2 aliphatic carbocycles. The van der Waals surface area contributed by atoms with Crippen molar-refractivity contribution in [3.63, 3.8) is 0 Å². The van der Waals surface area contributed by atoms with Gasteiger partial charge in [0, 0.05) is 28.0 Å². The molecule has 0 aromatic carbocycles. The molecule has 37 heavy (non-hydrogen) atoms. The molecule has 2 amide bonds. The molecular weight excluding hydrogens is 492 g/mol. The lowest BCUT2D eigenvalue weighted by Crippen LogP contribution is -3.14. The van der Waals surface area contributed by atoms with Crippen molar-refractivity contribution in [3.05, 3.63) is 10.6 Å². The fraction of sp³-hybridized carbons (Fsp3) is 0.815. The van der Waals surface area contributed by atoms with Gasteiger partial charge in [-0.25, -0.2) is 4.98 Å². The van der Waals surface area contributed by atoms with Gasteiger partial charge in [0.2, 0.25) is 11.8 Å². The highest BCUT2D eigenvalue weighted by atomic mass is 32.1. The first-order valence-electron chi connectivity index (χ1n) is 13.7. The molecule has 1 saturated carbocycles. The van der Waals surface area contributed by atoms with Crippen LogP contribution in [-0.4, -0.2) is 79.1 Å². The number of aromatic nitrogens is 1. The molecule has 0 unspecified atom stereocenters. The first kappa shape index (κ1) is 28.4. The monoisotopic (exact) mass is 537 g/mol. The number of fused-ring (bicyclic) bond motifs is 2. The smallest absolute Gasteiger partial charge is 0.231 e. The van der Waals surface area contributed by atoms with Crippen molar-refractivity contribution < 1.29 is 29.4 Å². The molecule has 1 aromatic heterocycles. The van der Waals surface area contributed by atoms with Crippen LogP contribution in [-0.2, 0) is 20.7 Å². The van der Waals surface area contributed by atoms with Gasteiger partial charge in [-0.15, -0.1) is 11.3 Å². The number of aliphatic hydroxyl groups is 2. The molecule has 5 N–H and O–H groups in total. The van der Waals surface area contributed by atoms with Crippen LogP contribution in [0.3, 0.4) is 0 Å². The van der Waals surface area contributed by atoms with Crippen molar-refractivity contribution in [1.29, 1.82) is 0 Å². The summed E-state index contributed by atoms with van der Waals surface area (Å²) in [5, 5.41) is 28.0. The SMILES string of the molecule is CC(C)(C)C(=O)Nc1nc2c(s1)C[C@@H]1[C@](C)(CO)[C@H](O)CC[C@@]1(C)[C@@H]2CC(=O)NCC[NH+]1CCOCC1. The quantitative estimate of drug-likeness (QED) is 0.353. The highest BCUT2D eigenvalue weighted by molar-refractivity contribution is 7.15. The summed E-state index contributed by atoms with van der Waals surface area (Å²) in [5.41, 5.74) is -0.639. The maximum atomic E-state index is 13.3. The van der Waals surface area contributed by atoms with E-state index in [2.05, 4.69) is 17.6 Å². The molecule has 208 valence electrons. The van der Waals surface area contributed by atoms with Gasteiger partial charge in [0.05, 0.1) is 44.7 Å². The molecule has 2 heterocycles. The molecular formula is C27H45N4O5S+. The van der Waals surface area contributed by atoms with Crippen LogP contribution < -0.4 is 15.5 Å². The Labute approximate surface area is 224 Å². The van der Waals surface area contributed by atoms with Crippen molar-refractivity contribution in [2.24, 2.45) is 22.2 Å². The molecule has 0 radical (unpaired) electrons. The second-order valence-electron chi connectivity index (χ2n) is 12.7. The Morgan fingerprint density at radius 1 is 1.24 bits per heavy atom. The minimum atomic E-state index is -0.669. The van der Waals surface area contributed by atoms with Gasteiger partial charge in [-0.05, 0) is 30.6 Å². The van der Waals surface area contributed by atoms with E-state index in [0.717, 1.165) is 49.8 Å². The van der Waals surface area contributed by atoms with Crippen molar-refractivity contribution >= 4 is 28.3 Å². The molecule has 5 atom stereocenters. The highest BCUT2D eigenvalue weighted by Crippen LogP contribution is 2.62. The Morgan fingerprint density at radius 3 is 2.59 bits per heavy atom. The first-order chi connectivity index (χ1) is 17.4. The van der Waals surface area contributed by atoms with Crippen LogP contribution in [0.5, 0.6) is 0 Å². The second kappa shape index (κ2) is 10.9. The Hall–Kier alpha value is -1.59. The number of morpholine rings is 1. The van der Waals surface area contributed by atoms with Crippen LogP contribution in [0.15, 0.2) is 0 Å². The summed E-state index contributed by atoms with van der Waals surface area (Å²) < 4.78 is 5.42. The van der Waals surface area contributed by atoms with E-state index in [0.29, 0.717) is 30.9 Å². The van der Waals surface area contributed by atoms with Crippen LogP contribution in [0.25, 0.3) is 0 Å². The number of amides is 2. The predicted octanol–water partition coefficient (Wildman–Crippen LogP) is 0.965. The summed E-state index contributed by atoms with van der Waals surface area (Å²) >= 11 is 1.46. The Balaban J connectivity index is 1.58. The molecule has 1 saturated heterocycles. The molecule has 0 bridgehead atoms. The standard InChI is InChI=1S/C27H44N4O5S/c1-25(2,3)23(35)30-24-29-22-17(14-21(34)28-8-9-31-10-12-36-13-11-31)26(4)7-6-20(33)27(5,16-32)19(26)15-18(22)37-24/h17,19-20,32-33H,6-16H2,1-5H3,(H,28,34)(H,29,30,35)/p+1/t17-,19+,20-,26+,27+/m1/s1. The van der Waals surface area contributed by atoms with E-state index in [1.165, 1.54) is 16.2 Å². The summed E-state index contributed by atoms with van der Waals surface area (Å²) in [6, 6.07) is 0. The minimum absolute atomic E-state index is 0.00409. The van der Waals surface area contributed by atoms with Crippen LogP contribution in [0.4, 0.5) is 5.13 Å². The number of ether oxygens (including phenoxy) is 1. The van der Waals surface area contributed by atoms with Crippen molar-refractivity contribution in [2.45, 2.75) is 72.3 Å². The third kappa shape index (κ3) is 5.73. The normalized spacial score (nSPS) is 32.4.